The van der Waals surface area contributed by atoms with Crippen LogP contribution < -0.4 is 15.0 Å². The first kappa shape index (κ1) is 21.3. The number of piperazine rings is 1. The van der Waals surface area contributed by atoms with Crippen molar-refractivity contribution in [3.63, 3.8) is 0 Å². The number of aromatic nitrogens is 3. The van der Waals surface area contributed by atoms with Gasteiger partial charge in [0.15, 0.2) is 11.6 Å². The molecule has 1 N–H and O–H groups in total. The van der Waals surface area contributed by atoms with E-state index in [0.29, 0.717) is 28.6 Å². The summed E-state index contributed by atoms with van der Waals surface area (Å²) >= 11 is 0. The zero-order valence-corrected chi connectivity index (χ0v) is 19.1. The molecule has 2 aliphatic rings. The molecule has 0 saturated carbocycles. The van der Waals surface area contributed by atoms with Crippen LogP contribution in [0.5, 0.6) is 11.6 Å². The maximum Gasteiger partial charge on any atom is 0.227 e. The number of pyridine rings is 1. The Morgan fingerprint density at radius 3 is 2.58 bits per heavy atom. The molecule has 0 atom stereocenters. The summed E-state index contributed by atoms with van der Waals surface area (Å²) in [5, 5.41) is 3.23. The smallest absolute Gasteiger partial charge is 0.227 e. The maximum absolute atomic E-state index is 15.0. The standard InChI is InChI=1S/C25H27FN6O/c1-16-12-18-4-6-21(23(26)20(18)13-16)33-25-17(2)24(28-15-29-25)30-22-7-5-19(14-27-22)32-10-8-31(3)9-11-32/h4-7,13-15H,8-12H2,1-3H3,(H,27,28,29,30). The fourth-order valence-corrected chi connectivity index (χ4v) is 4.20. The van der Waals surface area contributed by atoms with Crippen LogP contribution in [0.1, 0.15) is 23.6 Å². The number of fused-ring (bicyclic) bond motifs is 1. The van der Waals surface area contributed by atoms with Crippen molar-refractivity contribution in [1.82, 2.24) is 19.9 Å². The lowest BCUT2D eigenvalue weighted by Gasteiger charge is -2.33. The number of nitrogens with one attached hydrogen (secondary N) is 1. The van der Waals surface area contributed by atoms with Crippen molar-refractivity contribution in [2.45, 2.75) is 20.3 Å². The predicted octanol–water partition coefficient (Wildman–Crippen LogP) is 4.57. The second kappa shape index (κ2) is 8.78. The van der Waals surface area contributed by atoms with E-state index in [0.717, 1.165) is 49.4 Å². The summed E-state index contributed by atoms with van der Waals surface area (Å²) < 4.78 is 20.8. The Morgan fingerprint density at radius 1 is 1.00 bits per heavy atom. The summed E-state index contributed by atoms with van der Waals surface area (Å²) in [6.45, 7) is 7.91. The molecule has 3 heterocycles. The first-order valence-corrected chi connectivity index (χ1v) is 11.1. The molecule has 0 radical (unpaired) electrons. The van der Waals surface area contributed by atoms with Crippen molar-refractivity contribution in [2.75, 3.05) is 43.4 Å². The number of halogens is 1. The third-order valence-electron chi connectivity index (χ3n) is 6.20. The van der Waals surface area contributed by atoms with E-state index in [1.807, 2.05) is 38.3 Å². The zero-order chi connectivity index (χ0) is 22.9. The molecular formula is C25H27FN6O. The highest BCUT2D eigenvalue weighted by Gasteiger charge is 2.20. The summed E-state index contributed by atoms with van der Waals surface area (Å²) in [5.74, 6) is 1.33. The van der Waals surface area contributed by atoms with Crippen LogP contribution in [0.25, 0.3) is 6.08 Å². The molecule has 0 unspecified atom stereocenters. The lowest BCUT2D eigenvalue weighted by atomic mass is 10.1. The summed E-state index contributed by atoms with van der Waals surface area (Å²) in [7, 11) is 2.14. The van der Waals surface area contributed by atoms with Crippen LogP contribution in [0, 0.1) is 12.7 Å². The van der Waals surface area contributed by atoms with Crippen molar-refractivity contribution in [3.8, 4) is 11.6 Å². The van der Waals surface area contributed by atoms with Crippen LogP contribution in [0.3, 0.4) is 0 Å². The lowest BCUT2D eigenvalue weighted by Crippen LogP contribution is -2.44. The monoisotopic (exact) mass is 446 g/mol. The van der Waals surface area contributed by atoms with E-state index in [2.05, 4.69) is 43.2 Å². The normalized spacial score (nSPS) is 15.9. The van der Waals surface area contributed by atoms with Crippen LogP contribution in [0.15, 0.2) is 42.4 Å². The summed E-state index contributed by atoms with van der Waals surface area (Å²) in [4.78, 5) is 17.8. The molecule has 1 aromatic carbocycles. The van der Waals surface area contributed by atoms with Gasteiger partial charge in [0.1, 0.15) is 18.0 Å². The van der Waals surface area contributed by atoms with E-state index >= 15 is 0 Å². The maximum atomic E-state index is 15.0. The molecule has 8 heteroatoms. The molecule has 1 fully saturated rings. The molecular weight excluding hydrogens is 419 g/mol. The van der Waals surface area contributed by atoms with Gasteiger partial charge >= 0.3 is 0 Å². The third-order valence-corrected chi connectivity index (χ3v) is 6.20. The Labute approximate surface area is 193 Å². The van der Waals surface area contributed by atoms with Gasteiger partial charge in [-0.2, -0.15) is 0 Å². The average Bonchev–Trinajstić information content (AvgIpc) is 3.20. The predicted molar refractivity (Wildman–Crippen MR) is 128 cm³/mol. The van der Waals surface area contributed by atoms with Crippen LogP contribution in [-0.2, 0) is 6.42 Å². The quantitative estimate of drug-likeness (QED) is 0.616. The first-order chi connectivity index (χ1) is 16.0. The molecule has 3 aromatic rings. The summed E-state index contributed by atoms with van der Waals surface area (Å²) in [6, 6.07) is 7.56. The van der Waals surface area contributed by atoms with Gasteiger partial charge in [-0.25, -0.2) is 19.3 Å². The summed E-state index contributed by atoms with van der Waals surface area (Å²) in [6.07, 6.45) is 5.91. The van der Waals surface area contributed by atoms with Gasteiger partial charge in [0.25, 0.3) is 0 Å². The highest BCUT2D eigenvalue weighted by atomic mass is 19.1. The van der Waals surface area contributed by atoms with Gasteiger partial charge in [-0.1, -0.05) is 17.7 Å². The minimum absolute atomic E-state index is 0.155. The number of rotatable bonds is 5. The van der Waals surface area contributed by atoms with Gasteiger partial charge in [-0.05, 0) is 51.1 Å². The Kier molecular flexibility index (Phi) is 5.68. The average molecular weight is 447 g/mol. The fraction of sp³-hybridized carbons (Fsp3) is 0.320. The first-order valence-electron chi connectivity index (χ1n) is 11.1. The van der Waals surface area contributed by atoms with Crippen LogP contribution >= 0.6 is 0 Å². The van der Waals surface area contributed by atoms with E-state index in [9.17, 15) is 4.39 Å². The van der Waals surface area contributed by atoms with Gasteiger partial charge in [-0.15, -0.1) is 0 Å². The van der Waals surface area contributed by atoms with Gasteiger partial charge in [-0.3, -0.25) is 0 Å². The van der Waals surface area contributed by atoms with E-state index in [4.69, 9.17) is 4.74 Å². The fourth-order valence-electron chi connectivity index (χ4n) is 4.20. The Bertz CT molecular complexity index is 1200. The largest absolute Gasteiger partial charge is 0.435 e. The van der Waals surface area contributed by atoms with Crippen molar-refractivity contribution >= 4 is 23.4 Å². The number of hydrogen-bond donors (Lipinski definition) is 1. The molecule has 0 bridgehead atoms. The second-order valence-corrected chi connectivity index (χ2v) is 8.69. The van der Waals surface area contributed by atoms with Crippen LogP contribution in [0.4, 0.5) is 21.7 Å². The SMILES string of the molecule is CC1=Cc2c(ccc(Oc3ncnc(Nc4ccc(N5CCN(C)CC5)cn4)c3C)c2F)C1. The molecule has 33 heavy (non-hydrogen) atoms. The minimum atomic E-state index is -0.363. The third kappa shape index (κ3) is 4.39. The van der Waals surface area contributed by atoms with E-state index in [1.54, 1.807) is 6.07 Å². The van der Waals surface area contributed by atoms with Crippen molar-refractivity contribution in [3.05, 3.63) is 64.9 Å². The van der Waals surface area contributed by atoms with Gasteiger partial charge < -0.3 is 19.9 Å². The van der Waals surface area contributed by atoms with E-state index < -0.39 is 0 Å². The Hall–Kier alpha value is -3.52. The van der Waals surface area contributed by atoms with E-state index in [1.165, 1.54) is 6.33 Å². The number of nitrogens with zero attached hydrogens (tertiary/aromatic N) is 5. The molecule has 0 spiro atoms. The number of hydrogen-bond acceptors (Lipinski definition) is 7. The molecule has 0 amide bonds. The molecule has 1 saturated heterocycles. The number of likely N-dealkylation sites (N-methyl/N-ethyl adjacent to an activating group) is 1. The number of anilines is 3. The zero-order valence-electron chi connectivity index (χ0n) is 19.1. The van der Waals surface area contributed by atoms with Gasteiger partial charge in [0.2, 0.25) is 5.88 Å². The van der Waals surface area contributed by atoms with E-state index in [-0.39, 0.29) is 11.6 Å². The molecule has 1 aliphatic heterocycles. The second-order valence-electron chi connectivity index (χ2n) is 8.69. The minimum Gasteiger partial charge on any atom is -0.435 e. The number of benzene rings is 1. The summed E-state index contributed by atoms with van der Waals surface area (Å²) in [5.41, 5.74) is 4.49. The van der Waals surface area contributed by atoms with Crippen molar-refractivity contribution < 1.29 is 9.13 Å². The van der Waals surface area contributed by atoms with Gasteiger partial charge in [0, 0.05) is 31.7 Å². The molecule has 170 valence electrons. The highest BCUT2D eigenvalue weighted by molar-refractivity contribution is 5.66. The Balaban J connectivity index is 1.32. The highest BCUT2D eigenvalue weighted by Crippen LogP contribution is 2.35. The molecule has 7 nitrogen and oxygen atoms in total. The van der Waals surface area contributed by atoms with Gasteiger partial charge in [0.05, 0.1) is 17.4 Å². The number of ether oxygens (including phenoxy) is 1. The van der Waals surface area contributed by atoms with Crippen LogP contribution in [-0.4, -0.2) is 53.1 Å². The van der Waals surface area contributed by atoms with Crippen molar-refractivity contribution in [1.29, 1.82) is 0 Å². The topological polar surface area (TPSA) is 66.4 Å². The molecule has 2 aromatic heterocycles. The Morgan fingerprint density at radius 2 is 1.82 bits per heavy atom. The van der Waals surface area contributed by atoms with Crippen LogP contribution in [0.2, 0.25) is 0 Å². The molecule has 5 rings (SSSR count). The van der Waals surface area contributed by atoms with Crippen molar-refractivity contribution in [2.24, 2.45) is 0 Å². The number of allylic oxidation sites excluding steroid dienone is 1. The molecule has 1 aliphatic carbocycles. The lowest BCUT2D eigenvalue weighted by molar-refractivity contribution is 0.313.